The Kier molecular flexibility index (Phi) is 5.73. The van der Waals surface area contributed by atoms with E-state index in [1.54, 1.807) is 6.07 Å². The Morgan fingerprint density at radius 2 is 0.829 bits per heavy atom. The van der Waals surface area contributed by atoms with Crippen molar-refractivity contribution in [3.63, 3.8) is 0 Å². The molecule has 0 radical (unpaired) electrons. The van der Waals surface area contributed by atoms with Crippen LogP contribution in [0.15, 0.2) is 78.9 Å². The Morgan fingerprint density at radius 3 is 1.11 bits per heavy atom. The monoisotopic (exact) mass is 514 g/mol. The Labute approximate surface area is 202 Å². The second-order valence-corrected chi connectivity index (χ2v) is 10.7. The molecule has 6 rings (SSSR count). The Bertz CT molecular complexity index is 1430. The van der Waals surface area contributed by atoms with E-state index in [1.165, 1.54) is 24.3 Å². The second-order valence-electron chi connectivity index (χ2n) is 7.87. The van der Waals surface area contributed by atoms with Crippen LogP contribution in [0.4, 0.5) is 0 Å². The average Bonchev–Trinajstić information content (AvgIpc) is 3.60. The van der Waals surface area contributed by atoms with Gasteiger partial charge in [0.15, 0.2) is 0 Å². The second kappa shape index (κ2) is 8.75. The van der Waals surface area contributed by atoms with Crippen LogP contribution < -0.4 is 4.50 Å². The molecule has 6 N–H and O–H groups in total. The van der Waals surface area contributed by atoms with Gasteiger partial charge in [0.25, 0.3) is 0 Å². The average molecular weight is 514 g/mol. The fourth-order valence-electron chi connectivity index (χ4n) is 3.55. The fourth-order valence-corrected chi connectivity index (χ4v) is 4.37. The summed E-state index contributed by atoms with van der Waals surface area (Å²) in [5.41, 5.74) is 7.86. The summed E-state index contributed by atoms with van der Waals surface area (Å²) in [4.78, 5) is 16.0. The molecule has 180 valence electrons. The van der Waals surface area contributed by atoms with E-state index in [0.717, 1.165) is 44.8 Å². The molecule has 0 saturated heterocycles. The molecule has 0 spiro atoms. The van der Waals surface area contributed by atoms with Gasteiger partial charge in [-0.2, -0.15) is 0 Å². The number of aromatic nitrogens is 4. The summed E-state index contributed by atoms with van der Waals surface area (Å²) in [6.45, 7) is 0. The normalized spacial score (nSPS) is 13.5. The number of aromatic amines is 2. The van der Waals surface area contributed by atoms with Crippen LogP contribution in [0.25, 0.3) is 46.4 Å². The number of H-pyrrole nitrogens is 2. The van der Waals surface area contributed by atoms with Gasteiger partial charge in [-0.25, -0.2) is 9.97 Å². The van der Waals surface area contributed by atoms with Crippen molar-refractivity contribution in [2.45, 2.75) is 0 Å². The van der Waals surface area contributed by atoms with Gasteiger partial charge in [-0.05, 0) is 72.8 Å². The van der Waals surface area contributed by atoms with E-state index in [4.69, 9.17) is 16.9 Å². The van der Waals surface area contributed by atoms with Crippen molar-refractivity contribution in [1.29, 1.82) is 0 Å². The van der Waals surface area contributed by atoms with E-state index >= 15 is 0 Å². The third-order valence-corrected chi connectivity index (χ3v) is 6.53. The standard InChI is InChI=1S/C20H14N4.C6H5.Co.4H2O/c1-2-14-10-16-5-6-18(23-16)12-20-8-7-19(24-20)11-17-4-3-15(22-17)9-13(1)21-14;1-2-4-6-5-3-1;;;;;/h1-12,21,24H;1-5H;;4*1H2/q;;+4;;;;/p-4. The topological polar surface area (TPSA) is 138 Å². The van der Waals surface area contributed by atoms with E-state index in [2.05, 4.69) is 44.2 Å². The quantitative estimate of drug-likeness (QED) is 0.199. The first-order chi connectivity index (χ1) is 16.7. The van der Waals surface area contributed by atoms with Gasteiger partial charge >= 0.3 is 64.6 Å². The van der Waals surface area contributed by atoms with Crippen LogP contribution in [-0.4, -0.2) is 36.8 Å². The molecule has 35 heavy (non-hydrogen) atoms. The summed E-state index contributed by atoms with van der Waals surface area (Å²) in [6.07, 6.45) is 8.09. The van der Waals surface area contributed by atoms with Crippen molar-refractivity contribution in [1.82, 2.24) is 19.9 Å². The molecule has 0 saturated carbocycles. The summed E-state index contributed by atoms with van der Waals surface area (Å²) >= 11 is -5.48. The number of nitrogens with zero attached hydrogens (tertiary/aromatic N) is 2. The van der Waals surface area contributed by atoms with Crippen molar-refractivity contribution in [3.05, 3.63) is 102 Å². The number of benzene rings is 1. The van der Waals surface area contributed by atoms with Crippen LogP contribution in [-0.2, 0) is 12.9 Å². The van der Waals surface area contributed by atoms with Crippen molar-refractivity contribution >= 4 is 50.9 Å². The van der Waals surface area contributed by atoms with Crippen LogP contribution in [0, 0.1) is 0 Å². The van der Waals surface area contributed by atoms with Gasteiger partial charge in [-0.1, -0.05) is 0 Å². The molecule has 0 amide bonds. The molecule has 2 aliphatic rings. The van der Waals surface area contributed by atoms with Gasteiger partial charge < -0.3 is 9.97 Å². The van der Waals surface area contributed by atoms with E-state index in [9.17, 15) is 0 Å². The number of rotatable bonds is 1. The van der Waals surface area contributed by atoms with Crippen LogP contribution in [0.3, 0.4) is 0 Å². The van der Waals surface area contributed by atoms with Crippen molar-refractivity contribution < 1.29 is 29.8 Å². The zero-order valence-electron chi connectivity index (χ0n) is 18.3. The molecule has 8 bridgehead atoms. The molecule has 0 aliphatic carbocycles. The molecular formula is C26H23CoN4O4. The Balaban J connectivity index is 0.000000195. The molecule has 1 aromatic carbocycles. The summed E-state index contributed by atoms with van der Waals surface area (Å²) in [6, 6.07) is 23.4. The first-order valence-electron chi connectivity index (χ1n) is 10.5. The maximum absolute atomic E-state index is 8.75. The zero-order valence-corrected chi connectivity index (χ0v) is 19.4. The van der Waals surface area contributed by atoms with E-state index in [-0.39, 0.29) is 4.50 Å². The van der Waals surface area contributed by atoms with E-state index in [0.29, 0.717) is 0 Å². The molecule has 0 fully saturated rings. The Morgan fingerprint density at radius 1 is 0.486 bits per heavy atom. The molecule has 0 unspecified atom stereocenters. The molecule has 3 aromatic heterocycles. The van der Waals surface area contributed by atoms with Gasteiger partial charge in [0.05, 0.1) is 22.8 Å². The summed E-state index contributed by atoms with van der Waals surface area (Å²) in [7, 11) is 0. The van der Waals surface area contributed by atoms with Crippen molar-refractivity contribution in [2.24, 2.45) is 0 Å². The Hall–Kier alpha value is -3.83. The van der Waals surface area contributed by atoms with Crippen molar-refractivity contribution in [3.8, 4) is 0 Å². The van der Waals surface area contributed by atoms with Gasteiger partial charge in [-0.3, -0.25) is 0 Å². The van der Waals surface area contributed by atoms with Crippen LogP contribution >= 0.6 is 0 Å². The molecule has 0 atom stereocenters. The SMILES string of the molecule is C1=Cc2cc3ccc(cc4nc(cc5ccc(cc1n2)[nH]5)C=C4)[nH]3.[OH][Co]([OH])([OH])([OH])[c]1ccccc1. The molecule has 2 aliphatic heterocycles. The minimum absolute atomic E-state index is 0.267. The van der Waals surface area contributed by atoms with Crippen molar-refractivity contribution in [2.75, 3.05) is 0 Å². The predicted octanol–water partition coefficient (Wildman–Crippen LogP) is 3.29. The van der Waals surface area contributed by atoms with Gasteiger partial charge in [0.2, 0.25) is 0 Å². The molecule has 8 nitrogen and oxygen atoms in total. The van der Waals surface area contributed by atoms with Gasteiger partial charge in [0, 0.05) is 22.1 Å². The first kappa shape index (κ1) is 22.9. The van der Waals surface area contributed by atoms with Crippen LogP contribution in [0.1, 0.15) is 22.8 Å². The predicted molar refractivity (Wildman–Crippen MR) is 134 cm³/mol. The summed E-state index contributed by atoms with van der Waals surface area (Å²) < 4.78 is 34.7. The molecule has 4 aromatic rings. The number of hydrogen-bond acceptors (Lipinski definition) is 6. The first-order valence-corrected chi connectivity index (χ1v) is 12.9. The molecular weight excluding hydrogens is 491 g/mol. The van der Waals surface area contributed by atoms with E-state index < -0.39 is 12.9 Å². The number of hydrogen-bond donors (Lipinski definition) is 6. The van der Waals surface area contributed by atoms with E-state index in [1.807, 2.05) is 48.6 Å². The minimum atomic E-state index is -5.48. The number of fused-ring (bicyclic) bond motifs is 8. The van der Waals surface area contributed by atoms with Gasteiger partial charge in [-0.15, -0.1) is 0 Å². The van der Waals surface area contributed by atoms with Crippen LogP contribution in [0.5, 0.6) is 0 Å². The number of nitrogens with one attached hydrogen (secondary N) is 2. The van der Waals surface area contributed by atoms with Gasteiger partial charge in [0.1, 0.15) is 0 Å². The zero-order chi connectivity index (χ0) is 24.5. The third kappa shape index (κ3) is 5.81. The fraction of sp³-hybridized carbons (Fsp3) is 0. The maximum atomic E-state index is 8.75. The third-order valence-electron chi connectivity index (χ3n) is 5.10. The molecule has 5 heterocycles. The molecule has 9 heteroatoms. The summed E-state index contributed by atoms with van der Waals surface area (Å²) in [5.74, 6) is 0. The van der Waals surface area contributed by atoms with Crippen LogP contribution in [0.2, 0.25) is 0 Å². The summed E-state index contributed by atoms with van der Waals surface area (Å²) in [5, 5.41) is 0.